The molecule has 0 amide bonds. The molecule has 0 radical (unpaired) electrons. The van der Waals surface area contributed by atoms with Gasteiger partial charge in [0.2, 0.25) is 0 Å². The van der Waals surface area contributed by atoms with Gasteiger partial charge in [0.25, 0.3) is 0 Å². The van der Waals surface area contributed by atoms with Crippen LogP contribution in [0.15, 0.2) is 35.5 Å². The third kappa shape index (κ3) is 3.69. The van der Waals surface area contributed by atoms with Gasteiger partial charge >= 0.3 is 0 Å². The monoisotopic (exact) mass is 288 g/mol. The Hall–Kier alpha value is -0.820. The summed E-state index contributed by atoms with van der Waals surface area (Å²) in [5, 5.41) is 10.5. The van der Waals surface area contributed by atoms with Crippen LogP contribution in [0.3, 0.4) is 0 Å². The summed E-state index contributed by atoms with van der Waals surface area (Å²) in [6.45, 7) is 13.4. The summed E-state index contributed by atoms with van der Waals surface area (Å²) in [4.78, 5) is 0. The molecule has 0 aromatic carbocycles. The number of aliphatic hydroxyl groups excluding tert-OH is 1. The van der Waals surface area contributed by atoms with Crippen LogP contribution >= 0.6 is 0 Å². The van der Waals surface area contributed by atoms with Crippen molar-refractivity contribution in [1.82, 2.24) is 0 Å². The first-order chi connectivity index (χ1) is 9.83. The summed E-state index contributed by atoms with van der Waals surface area (Å²) in [6, 6.07) is 0. The molecule has 118 valence electrons. The Balaban J connectivity index is 2.35. The Morgan fingerprint density at radius 2 is 2.05 bits per heavy atom. The van der Waals surface area contributed by atoms with Gasteiger partial charge in [-0.15, -0.1) is 0 Å². The largest absolute Gasteiger partial charge is 0.389 e. The molecular formula is C20H32O. The standard InChI is InChI=1S/C20H32O/c1-14(2)17-11-12-20(5)13-19(21)16(4)8-6-7-15(3)9-10-18(17)20/h7,10,14,17,19,21H,4,6,8-9,11-13H2,1-3,5H3/b15-7+,18-10?/t17-,19-,20-/m0/s1. The second kappa shape index (κ2) is 6.52. The van der Waals surface area contributed by atoms with Crippen LogP contribution in [0.1, 0.15) is 66.2 Å². The van der Waals surface area contributed by atoms with E-state index in [1.165, 1.54) is 18.4 Å². The second-order valence-electron chi connectivity index (χ2n) is 7.78. The molecule has 0 spiro atoms. The molecule has 1 nitrogen and oxygen atoms in total. The van der Waals surface area contributed by atoms with Crippen molar-refractivity contribution in [3.05, 3.63) is 35.5 Å². The van der Waals surface area contributed by atoms with E-state index in [2.05, 4.69) is 46.4 Å². The molecule has 2 aliphatic carbocycles. The zero-order valence-electron chi connectivity index (χ0n) is 14.3. The molecule has 1 fully saturated rings. The first-order valence-electron chi connectivity index (χ1n) is 8.55. The maximum absolute atomic E-state index is 10.5. The Kier molecular flexibility index (Phi) is 5.14. The summed E-state index contributed by atoms with van der Waals surface area (Å²) < 4.78 is 0. The van der Waals surface area contributed by atoms with Crippen molar-refractivity contribution < 1.29 is 5.11 Å². The van der Waals surface area contributed by atoms with Crippen LogP contribution in [0, 0.1) is 17.3 Å². The third-order valence-electron chi connectivity index (χ3n) is 5.63. The average molecular weight is 288 g/mol. The highest BCUT2D eigenvalue weighted by Gasteiger charge is 2.42. The third-order valence-corrected chi connectivity index (χ3v) is 5.63. The molecule has 0 bridgehead atoms. The van der Waals surface area contributed by atoms with E-state index in [1.807, 2.05) is 0 Å². The van der Waals surface area contributed by atoms with Gasteiger partial charge in [0, 0.05) is 0 Å². The molecule has 1 N–H and O–H groups in total. The number of hydrogen-bond donors (Lipinski definition) is 1. The van der Waals surface area contributed by atoms with E-state index < -0.39 is 0 Å². The lowest BCUT2D eigenvalue weighted by atomic mass is 9.74. The van der Waals surface area contributed by atoms with Crippen LogP contribution in [0.25, 0.3) is 0 Å². The fraction of sp³-hybridized carbons (Fsp3) is 0.700. The second-order valence-corrected chi connectivity index (χ2v) is 7.78. The summed E-state index contributed by atoms with van der Waals surface area (Å²) in [5.74, 6) is 1.37. The average Bonchev–Trinajstić information content (AvgIpc) is 2.71. The number of fused-ring (bicyclic) bond motifs is 1. The van der Waals surface area contributed by atoms with Gasteiger partial charge in [-0.1, -0.05) is 50.6 Å². The summed E-state index contributed by atoms with van der Waals surface area (Å²) in [5.41, 5.74) is 4.21. The summed E-state index contributed by atoms with van der Waals surface area (Å²) >= 11 is 0. The molecule has 1 saturated carbocycles. The molecule has 0 unspecified atom stereocenters. The molecule has 21 heavy (non-hydrogen) atoms. The van der Waals surface area contributed by atoms with E-state index in [-0.39, 0.29) is 11.5 Å². The smallest absolute Gasteiger partial charge is 0.0755 e. The van der Waals surface area contributed by atoms with Crippen molar-refractivity contribution in [1.29, 1.82) is 0 Å². The van der Waals surface area contributed by atoms with Crippen LogP contribution in [-0.2, 0) is 0 Å². The van der Waals surface area contributed by atoms with E-state index in [0.29, 0.717) is 11.8 Å². The van der Waals surface area contributed by atoms with Crippen molar-refractivity contribution in [2.75, 3.05) is 0 Å². The number of hydrogen-bond acceptors (Lipinski definition) is 1. The first kappa shape index (κ1) is 16.5. The summed E-state index contributed by atoms with van der Waals surface area (Å²) in [6.07, 6.45) is 10.7. The highest BCUT2D eigenvalue weighted by atomic mass is 16.3. The predicted octanol–water partition coefficient (Wildman–Crippen LogP) is 5.42. The Morgan fingerprint density at radius 1 is 1.33 bits per heavy atom. The van der Waals surface area contributed by atoms with Gasteiger partial charge in [0.1, 0.15) is 0 Å². The molecule has 0 saturated heterocycles. The lowest BCUT2D eigenvalue weighted by molar-refractivity contribution is 0.149. The fourth-order valence-electron chi connectivity index (χ4n) is 4.13. The zero-order valence-corrected chi connectivity index (χ0v) is 14.3. The molecular weight excluding hydrogens is 256 g/mol. The molecule has 0 aromatic rings. The highest BCUT2D eigenvalue weighted by molar-refractivity contribution is 5.26. The lowest BCUT2D eigenvalue weighted by Crippen LogP contribution is -2.25. The summed E-state index contributed by atoms with van der Waals surface area (Å²) in [7, 11) is 0. The number of rotatable bonds is 1. The van der Waals surface area contributed by atoms with E-state index in [4.69, 9.17) is 0 Å². The van der Waals surface area contributed by atoms with Gasteiger partial charge < -0.3 is 5.11 Å². The SMILES string of the molecule is C=C1CC/C=C(\C)CC=C2[C@H](C(C)C)CC[C@@]2(C)C[C@@H]1O. The van der Waals surface area contributed by atoms with Crippen LogP contribution < -0.4 is 0 Å². The highest BCUT2D eigenvalue weighted by Crippen LogP contribution is 2.52. The van der Waals surface area contributed by atoms with Crippen LogP contribution in [-0.4, -0.2) is 11.2 Å². The molecule has 0 heterocycles. The van der Waals surface area contributed by atoms with E-state index in [9.17, 15) is 5.11 Å². The van der Waals surface area contributed by atoms with Crippen LogP contribution in [0.4, 0.5) is 0 Å². The van der Waals surface area contributed by atoms with E-state index >= 15 is 0 Å². The molecule has 0 aromatic heterocycles. The Labute approximate surface area is 130 Å². The van der Waals surface area contributed by atoms with Gasteiger partial charge in [0.05, 0.1) is 6.10 Å². The van der Waals surface area contributed by atoms with Crippen molar-refractivity contribution in [3.63, 3.8) is 0 Å². The van der Waals surface area contributed by atoms with E-state index in [0.717, 1.165) is 31.3 Å². The van der Waals surface area contributed by atoms with Gasteiger partial charge in [-0.2, -0.15) is 0 Å². The zero-order chi connectivity index (χ0) is 15.6. The quantitative estimate of drug-likeness (QED) is 0.638. The van der Waals surface area contributed by atoms with Gasteiger partial charge in [-0.05, 0) is 68.3 Å². The topological polar surface area (TPSA) is 20.2 Å². The number of aliphatic hydroxyl groups is 1. The molecule has 0 aliphatic heterocycles. The van der Waals surface area contributed by atoms with Crippen molar-refractivity contribution in [2.45, 2.75) is 72.3 Å². The molecule has 2 rings (SSSR count). The minimum atomic E-state index is -0.351. The van der Waals surface area contributed by atoms with Gasteiger partial charge in [-0.25, -0.2) is 0 Å². The lowest BCUT2D eigenvalue weighted by Gasteiger charge is -2.32. The molecule has 2 aliphatic rings. The normalized spacial score (nSPS) is 37.5. The van der Waals surface area contributed by atoms with Gasteiger partial charge in [0.15, 0.2) is 0 Å². The Bertz CT molecular complexity index is 454. The molecule has 1 heteroatoms. The molecule has 3 atom stereocenters. The van der Waals surface area contributed by atoms with Gasteiger partial charge in [-0.3, -0.25) is 0 Å². The van der Waals surface area contributed by atoms with Crippen molar-refractivity contribution >= 4 is 0 Å². The predicted molar refractivity (Wildman–Crippen MR) is 91.1 cm³/mol. The van der Waals surface area contributed by atoms with Crippen LogP contribution in [0.2, 0.25) is 0 Å². The van der Waals surface area contributed by atoms with E-state index in [1.54, 1.807) is 5.57 Å². The maximum Gasteiger partial charge on any atom is 0.0755 e. The minimum absolute atomic E-state index is 0.155. The minimum Gasteiger partial charge on any atom is -0.389 e. The first-order valence-corrected chi connectivity index (χ1v) is 8.55. The van der Waals surface area contributed by atoms with Crippen molar-refractivity contribution in [3.8, 4) is 0 Å². The Morgan fingerprint density at radius 3 is 2.71 bits per heavy atom. The fourth-order valence-corrected chi connectivity index (χ4v) is 4.13. The van der Waals surface area contributed by atoms with Crippen molar-refractivity contribution in [2.24, 2.45) is 17.3 Å². The van der Waals surface area contributed by atoms with Crippen LogP contribution in [0.5, 0.6) is 0 Å². The maximum atomic E-state index is 10.5. The number of allylic oxidation sites excluding steroid dienone is 4.